The van der Waals surface area contributed by atoms with Crippen molar-refractivity contribution in [2.24, 2.45) is 14.1 Å². The van der Waals surface area contributed by atoms with Gasteiger partial charge in [-0.3, -0.25) is 13.9 Å². The molecule has 1 saturated heterocycles. The number of hydrogen-bond donors (Lipinski definition) is 0. The van der Waals surface area contributed by atoms with Crippen molar-refractivity contribution in [1.29, 1.82) is 0 Å². The quantitative estimate of drug-likeness (QED) is 0.677. The van der Waals surface area contributed by atoms with Crippen molar-refractivity contribution in [2.45, 2.75) is 13.5 Å². The molecule has 0 spiro atoms. The van der Waals surface area contributed by atoms with Gasteiger partial charge in [-0.2, -0.15) is 4.98 Å². The van der Waals surface area contributed by atoms with Gasteiger partial charge < -0.3 is 14.2 Å². The molecule has 0 unspecified atom stereocenters. The molecular weight excluding hydrogens is 346 g/mol. The van der Waals surface area contributed by atoms with Crippen LogP contribution >= 0.6 is 0 Å². The molecule has 3 aromatic rings. The van der Waals surface area contributed by atoms with Gasteiger partial charge in [0.2, 0.25) is 5.95 Å². The zero-order chi connectivity index (χ0) is 19.1. The second-order valence-corrected chi connectivity index (χ2v) is 6.96. The van der Waals surface area contributed by atoms with Crippen molar-refractivity contribution in [1.82, 2.24) is 18.7 Å². The Morgan fingerprint density at radius 1 is 1.04 bits per heavy atom. The number of aryl methyl sites for hydroxylation is 3. The number of fused-ring (bicyclic) bond motifs is 1. The first kappa shape index (κ1) is 17.5. The summed E-state index contributed by atoms with van der Waals surface area (Å²) in [5.74, 6) is 0.688. The van der Waals surface area contributed by atoms with Crippen LogP contribution in [0.3, 0.4) is 0 Å². The van der Waals surface area contributed by atoms with E-state index >= 15 is 0 Å². The average Bonchev–Trinajstić information content (AvgIpc) is 3.03. The lowest BCUT2D eigenvalue weighted by Crippen LogP contribution is -2.40. The van der Waals surface area contributed by atoms with E-state index in [0.717, 1.165) is 11.1 Å². The molecule has 8 heteroatoms. The van der Waals surface area contributed by atoms with E-state index in [4.69, 9.17) is 4.74 Å². The minimum absolute atomic E-state index is 0.236. The number of benzene rings is 1. The van der Waals surface area contributed by atoms with E-state index in [-0.39, 0.29) is 17.8 Å². The Hall–Kier alpha value is -2.87. The van der Waals surface area contributed by atoms with Crippen molar-refractivity contribution >= 4 is 17.1 Å². The fourth-order valence-electron chi connectivity index (χ4n) is 3.49. The molecule has 4 rings (SSSR count). The van der Waals surface area contributed by atoms with Crippen LogP contribution in [0.25, 0.3) is 11.2 Å². The first-order chi connectivity index (χ1) is 13.0. The number of imidazole rings is 1. The molecule has 1 aromatic carbocycles. The summed E-state index contributed by atoms with van der Waals surface area (Å²) in [4.78, 5) is 32.6. The van der Waals surface area contributed by atoms with Gasteiger partial charge in [-0.25, -0.2) is 4.79 Å². The number of rotatable bonds is 3. The van der Waals surface area contributed by atoms with E-state index in [1.165, 1.54) is 9.13 Å². The number of nitrogens with zero attached hydrogens (tertiary/aromatic N) is 5. The normalized spacial score (nSPS) is 14.9. The van der Waals surface area contributed by atoms with Crippen molar-refractivity contribution in [3.63, 3.8) is 0 Å². The zero-order valence-electron chi connectivity index (χ0n) is 15.8. The highest BCUT2D eigenvalue weighted by Crippen LogP contribution is 2.18. The fourth-order valence-corrected chi connectivity index (χ4v) is 3.49. The number of aromatic nitrogens is 4. The molecule has 3 heterocycles. The number of hydrogen-bond acceptors (Lipinski definition) is 5. The molecule has 0 saturated carbocycles. The maximum Gasteiger partial charge on any atom is 0.332 e. The predicted molar refractivity (Wildman–Crippen MR) is 104 cm³/mol. The molecule has 0 aliphatic carbocycles. The lowest BCUT2D eigenvalue weighted by molar-refractivity contribution is 0.122. The molecule has 0 bridgehead atoms. The van der Waals surface area contributed by atoms with E-state index < -0.39 is 0 Å². The van der Waals surface area contributed by atoms with E-state index in [1.54, 1.807) is 11.6 Å². The largest absolute Gasteiger partial charge is 0.378 e. The van der Waals surface area contributed by atoms with Crippen molar-refractivity contribution in [2.75, 3.05) is 31.2 Å². The van der Waals surface area contributed by atoms with E-state index in [2.05, 4.69) is 9.88 Å². The molecule has 2 aromatic heterocycles. The summed E-state index contributed by atoms with van der Waals surface area (Å²) in [7, 11) is 3.48. The highest BCUT2D eigenvalue weighted by atomic mass is 16.5. The molecule has 1 aliphatic rings. The van der Waals surface area contributed by atoms with Gasteiger partial charge in [-0.05, 0) is 12.5 Å². The Balaban J connectivity index is 1.86. The second kappa shape index (κ2) is 6.70. The summed E-state index contributed by atoms with van der Waals surface area (Å²) in [5, 5.41) is 0. The minimum atomic E-state index is -0.361. The molecule has 0 amide bonds. The first-order valence-corrected chi connectivity index (χ1v) is 9.02. The second-order valence-electron chi connectivity index (χ2n) is 6.96. The van der Waals surface area contributed by atoms with Gasteiger partial charge in [0.25, 0.3) is 5.56 Å². The molecule has 1 aliphatic heterocycles. The van der Waals surface area contributed by atoms with Gasteiger partial charge in [0.15, 0.2) is 11.2 Å². The van der Waals surface area contributed by atoms with Crippen LogP contribution < -0.4 is 16.1 Å². The standard InChI is InChI=1S/C19H23N5O3/c1-13-4-6-14(7-5-13)12-24-17(25)15-16(22(3)19(24)26)20-18(21(15)2)23-8-10-27-11-9-23/h4-7H,8-12H2,1-3H3. The summed E-state index contributed by atoms with van der Waals surface area (Å²) in [6, 6.07) is 7.83. The Bertz CT molecular complexity index is 1100. The van der Waals surface area contributed by atoms with Gasteiger partial charge >= 0.3 is 5.69 Å². The third-order valence-corrected chi connectivity index (χ3v) is 5.09. The summed E-state index contributed by atoms with van der Waals surface area (Å²) < 4.78 is 9.91. The number of ether oxygens (including phenoxy) is 1. The predicted octanol–water partition coefficient (Wildman–Crippen LogP) is 0.627. The fraction of sp³-hybridized carbons (Fsp3) is 0.421. The molecule has 8 nitrogen and oxygen atoms in total. The Labute approximate surface area is 156 Å². The Kier molecular flexibility index (Phi) is 4.35. The highest BCUT2D eigenvalue weighted by molar-refractivity contribution is 5.74. The van der Waals surface area contributed by atoms with Crippen LogP contribution in [0.15, 0.2) is 33.9 Å². The van der Waals surface area contributed by atoms with Crippen molar-refractivity contribution < 1.29 is 4.74 Å². The molecule has 1 fully saturated rings. The lowest BCUT2D eigenvalue weighted by Gasteiger charge is -2.27. The molecule has 142 valence electrons. The van der Waals surface area contributed by atoms with Gasteiger partial charge in [-0.15, -0.1) is 0 Å². The Morgan fingerprint density at radius 3 is 2.37 bits per heavy atom. The molecule has 27 heavy (non-hydrogen) atoms. The summed E-state index contributed by atoms with van der Waals surface area (Å²) in [6.45, 7) is 4.91. The van der Waals surface area contributed by atoms with E-state index in [0.29, 0.717) is 43.4 Å². The van der Waals surface area contributed by atoms with Crippen LogP contribution in [0.1, 0.15) is 11.1 Å². The van der Waals surface area contributed by atoms with Crippen LogP contribution in [0.5, 0.6) is 0 Å². The van der Waals surface area contributed by atoms with E-state index in [1.807, 2.05) is 38.2 Å². The average molecular weight is 369 g/mol. The maximum atomic E-state index is 13.1. The molecular formula is C19H23N5O3. The number of anilines is 1. The summed E-state index contributed by atoms with van der Waals surface area (Å²) >= 11 is 0. The van der Waals surface area contributed by atoms with Crippen molar-refractivity contribution in [3.8, 4) is 0 Å². The van der Waals surface area contributed by atoms with Crippen LogP contribution in [0, 0.1) is 6.92 Å². The van der Waals surface area contributed by atoms with Gasteiger partial charge in [0, 0.05) is 27.2 Å². The summed E-state index contributed by atoms with van der Waals surface area (Å²) in [6.07, 6.45) is 0. The first-order valence-electron chi connectivity index (χ1n) is 9.02. The minimum Gasteiger partial charge on any atom is -0.378 e. The topological polar surface area (TPSA) is 74.3 Å². The Morgan fingerprint density at radius 2 is 1.70 bits per heavy atom. The third-order valence-electron chi connectivity index (χ3n) is 5.09. The van der Waals surface area contributed by atoms with Crippen molar-refractivity contribution in [3.05, 3.63) is 56.2 Å². The zero-order valence-corrected chi connectivity index (χ0v) is 15.8. The maximum absolute atomic E-state index is 13.1. The molecule has 0 radical (unpaired) electrons. The monoisotopic (exact) mass is 369 g/mol. The summed E-state index contributed by atoms with van der Waals surface area (Å²) in [5.41, 5.74) is 2.22. The third kappa shape index (κ3) is 2.95. The lowest BCUT2D eigenvalue weighted by atomic mass is 10.1. The highest BCUT2D eigenvalue weighted by Gasteiger charge is 2.22. The number of morpholine rings is 1. The molecule has 0 atom stereocenters. The van der Waals surface area contributed by atoms with Gasteiger partial charge in [0.05, 0.1) is 19.8 Å². The van der Waals surface area contributed by atoms with Gasteiger partial charge in [-0.1, -0.05) is 29.8 Å². The molecule has 0 N–H and O–H groups in total. The van der Waals surface area contributed by atoms with E-state index in [9.17, 15) is 9.59 Å². The van der Waals surface area contributed by atoms with Crippen LogP contribution in [0.4, 0.5) is 5.95 Å². The smallest absolute Gasteiger partial charge is 0.332 e. The van der Waals surface area contributed by atoms with Gasteiger partial charge in [0.1, 0.15) is 0 Å². The van der Waals surface area contributed by atoms with Crippen LogP contribution in [-0.4, -0.2) is 45.0 Å². The SMILES string of the molecule is Cc1ccc(Cn2c(=O)c3c(nc(N4CCOCC4)n3C)n(C)c2=O)cc1. The van der Waals surface area contributed by atoms with Crippen LogP contribution in [-0.2, 0) is 25.4 Å². The van der Waals surface area contributed by atoms with Crippen LogP contribution in [0.2, 0.25) is 0 Å².